The van der Waals surface area contributed by atoms with Crippen molar-refractivity contribution in [1.29, 1.82) is 0 Å². The van der Waals surface area contributed by atoms with Crippen molar-refractivity contribution in [2.75, 3.05) is 0 Å². The molecule has 0 saturated heterocycles. The van der Waals surface area contributed by atoms with E-state index in [1.54, 1.807) is 0 Å². The number of thiophene rings is 1. The van der Waals surface area contributed by atoms with Crippen molar-refractivity contribution >= 4 is 85.9 Å². The Labute approximate surface area is 216 Å². The molecule has 3 heteroatoms. The summed E-state index contributed by atoms with van der Waals surface area (Å²) in [4.78, 5) is 3.74. The summed E-state index contributed by atoms with van der Waals surface area (Å²) in [5, 5.41) is 10.5. The summed E-state index contributed by atoms with van der Waals surface area (Å²) < 4.78 is 5.10. The predicted octanol–water partition coefficient (Wildman–Crippen LogP) is 9.94. The largest absolute Gasteiger partial charge is 0.354 e. The number of hydrogen-bond donors (Lipinski definition) is 1. The number of aromatic nitrogens is 2. The summed E-state index contributed by atoms with van der Waals surface area (Å²) >= 11 is 1.92. The molecule has 37 heavy (non-hydrogen) atoms. The number of rotatable bonds is 1. The summed E-state index contributed by atoms with van der Waals surface area (Å²) in [6.45, 7) is 0. The molecule has 3 aromatic heterocycles. The lowest BCUT2D eigenvalue weighted by Crippen LogP contribution is -1.92. The number of hydrogen-bond acceptors (Lipinski definition) is 1. The van der Waals surface area contributed by atoms with Crippen LogP contribution in [0.2, 0.25) is 0 Å². The van der Waals surface area contributed by atoms with Gasteiger partial charge >= 0.3 is 0 Å². The third-order valence-electron chi connectivity index (χ3n) is 7.90. The highest BCUT2D eigenvalue weighted by Crippen LogP contribution is 2.47. The van der Waals surface area contributed by atoms with Gasteiger partial charge in [0, 0.05) is 58.3 Å². The third kappa shape index (κ3) is 2.49. The second kappa shape index (κ2) is 7.00. The first kappa shape index (κ1) is 19.6. The second-order valence-corrected chi connectivity index (χ2v) is 10.9. The molecule has 0 bridgehead atoms. The number of benzene rings is 6. The van der Waals surface area contributed by atoms with Crippen LogP contribution in [-0.4, -0.2) is 9.55 Å². The lowest BCUT2D eigenvalue weighted by molar-refractivity contribution is 1.18. The molecule has 3 heterocycles. The highest BCUT2D eigenvalue weighted by molar-refractivity contribution is 7.27. The van der Waals surface area contributed by atoms with E-state index in [-0.39, 0.29) is 0 Å². The van der Waals surface area contributed by atoms with Crippen LogP contribution in [0.3, 0.4) is 0 Å². The third-order valence-corrected chi connectivity index (χ3v) is 9.07. The van der Waals surface area contributed by atoms with Crippen LogP contribution in [0.5, 0.6) is 0 Å². The first-order valence-electron chi connectivity index (χ1n) is 12.6. The fraction of sp³-hybridized carbons (Fsp3) is 0. The molecule has 0 aliphatic heterocycles. The molecule has 0 amide bonds. The Kier molecular flexibility index (Phi) is 3.70. The van der Waals surface area contributed by atoms with Crippen LogP contribution in [-0.2, 0) is 0 Å². The van der Waals surface area contributed by atoms with E-state index in [4.69, 9.17) is 0 Å². The normalized spacial score (nSPS) is 12.3. The van der Waals surface area contributed by atoms with Gasteiger partial charge in [-0.2, -0.15) is 0 Å². The Morgan fingerprint density at radius 1 is 0.514 bits per heavy atom. The summed E-state index contributed by atoms with van der Waals surface area (Å²) in [7, 11) is 0. The van der Waals surface area contributed by atoms with Crippen molar-refractivity contribution in [3.8, 4) is 5.69 Å². The summed E-state index contributed by atoms with van der Waals surface area (Å²) in [5.41, 5.74) is 6.12. The molecule has 172 valence electrons. The van der Waals surface area contributed by atoms with E-state index >= 15 is 0 Å². The molecule has 0 atom stereocenters. The van der Waals surface area contributed by atoms with Crippen LogP contribution in [0.1, 0.15) is 0 Å². The van der Waals surface area contributed by atoms with Gasteiger partial charge in [0.25, 0.3) is 0 Å². The van der Waals surface area contributed by atoms with Gasteiger partial charge in [0.05, 0.1) is 16.6 Å². The number of fused-ring (bicyclic) bond motifs is 13. The lowest BCUT2D eigenvalue weighted by Gasteiger charge is -2.07. The van der Waals surface area contributed by atoms with E-state index in [2.05, 4.69) is 125 Å². The zero-order valence-corrected chi connectivity index (χ0v) is 20.6. The molecule has 0 saturated carbocycles. The quantitative estimate of drug-likeness (QED) is 0.237. The topological polar surface area (TPSA) is 20.7 Å². The molecule has 0 unspecified atom stereocenters. The van der Waals surface area contributed by atoms with E-state index in [1.165, 1.54) is 80.2 Å². The smallest absolute Gasteiger partial charge is 0.0559 e. The van der Waals surface area contributed by atoms with Crippen LogP contribution in [0.4, 0.5) is 0 Å². The predicted molar refractivity (Wildman–Crippen MR) is 161 cm³/mol. The van der Waals surface area contributed by atoms with Gasteiger partial charge in [-0.25, -0.2) is 0 Å². The van der Waals surface area contributed by atoms with Gasteiger partial charge in [0.1, 0.15) is 0 Å². The Morgan fingerprint density at radius 2 is 1.22 bits per heavy atom. The molecule has 0 spiro atoms. The van der Waals surface area contributed by atoms with Crippen molar-refractivity contribution in [3.05, 3.63) is 115 Å². The van der Waals surface area contributed by atoms with Crippen molar-refractivity contribution in [1.82, 2.24) is 9.55 Å². The molecular weight excluding hydrogens is 468 g/mol. The number of aromatic amines is 1. The number of H-pyrrole nitrogens is 1. The van der Waals surface area contributed by atoms with E-state index in [9.17, 15) is 0 Å². The van der Waals surface area contributed by atoms with E-state index in [0.29, 0.717) is 0 Å². The molecule has 0 fully saturated rings. The number of nitrogens with zero attached hydrogens (tertiary/aromatic N) is 1. The molecule has 0 radical (unpaired) electrons. The average Bonchev–Trinajstić information content (AvgIpc) is 3.62. The van der Waals surface area contributed by atoms with Crippen LogP contribution >= 0.6 is 11.3 Å². The minimum absolute atomic E-state index is 1.19. The first-order chi connectivity index (χ1) is 18.4. The van der Waals surface area contributed by atoms with Crippen molar-refractivity contribution in [2.24, 2.45) is 0 Å². The highest BCUT2D eigenvalue weighted by Gasteiger charge is 2.20. The molecular formula is C34H20N2S. The van der Waals surface area contributed by atoms with Gasteiger partial charge in [0.2, 0.25) is 0 Å². The maximum absolute atomic E-state index is 3.74. The fourth-order valence-corrected chi connectivity index (χ4v) is 7.65. The zero-order chi connectivity index (χ0) is 24.1. The summed E-state index contributed by atoms with van der Waals surface area (Å²) in [6, 6.07) is 41.9. The Balaban J connectivity index is 1.54. The maximum Gasteiger partial charge on any atom is 0.0559 e. The zero-order valence-electron chi connectivity index (χ0n) is 19.8. The summed E-state index contributed by atoms with van der Waals surface area (Å²) in [6.07, 6.45) is 0. The standard InChI is InChI=1S/C34H20N2S/c1-2-10-20(11-3-1)36-28-17-9-7-12-21(28)25-18-26-30(19-29(25)36)37-34-31(26)22-13-4-5-14-23(22)33-32(34)24-15-6-8-16-27(24)35-33/h1-19,35H. The van der Waals surface area contributed by atoms with Crippen LogP contribution in [0.15, 0.2) is 115 Å². The van der Waals surface area contributed by atoms with Gasteiger partial charge in [-0.15, -0.1) is 11.3 Å². The molecule has 2 nitrogen and oxygen atoms in total. The lowest BCUT2D eigenvalue weighted by atomic mass is 9.99. The Morgan fingerprint density at radius 3 is 2.08 bits per heavy atom. The molecule has 0 aliphatic rings. The second-order valence-electron chi connectivity index (χ2n) is 9.83. The molecule has 9 aromatic rings. The molecule has 6 aromatic carbocycles. The van der Waals surface area contributed by atoms with Crippen molar-refractivity contribution in [2.45, 2.75) is 0 Å². The summed E-state index contributed by atoms with van der Waals surface area (Å²) in [5.74, 6) is 0. The highest BCUT2D eigenvalue weighted by atomic mass is 32.1. The van der Waals surface area contributed by atoms with Gasteiger partial charge in [-0.05, 0) is 41.8 Å². The number of nitrogens with one attached hydrogen (secondary N) is 1. The minimum Gasteiger partial charge on any atom is -0.354 e. The number of para-hydroxylation sites is 3. The van der Waals surface area contributed by atoms with Crippen LogP contribution in [0, 0.1) is 0 Å². The van der Waals surface area contributed by atoms with Gasteiger partial charge < -0.3 is 9.55 Å². The molecule has 1 N–H and O–H groups in total. The SMILES string of the molecule is c1ccc(-n2c3ccccc3c3cc4c(cc32)sc2c4c3ccccc3c3[nH]c4ccccc4c32)cc1. The maximum atomic E-state index is 3.74. The Hall–Kier alpha value is -4.60. The van der Waals surface area contributed by atoms with E-state index in [0.717, 1.165) is 0 Å². The van der Waals surface area contributed by atoms with Crippen molar-refractivity contribution in [3.63, 3.8) is 0 Å². The van der Waals surface area contributed by atoms with Gasteiger partial charge in [0.15, 0.2) is 0 Å². The van der Waals surface area contributed by atoms with Crippen LogP contribution in [0.25, 0.3) is 80.2 Å². The van der Waals surface area contributed by atoms with Gasteiger partial charge in [-0.3, -0.25) is 0 Å². The monoisotopic (exact) mass is 488 g/mol. The van der Waals surface area contributed by atoms with Crippen LogP contribution < -0.4 is 0 Å². The Bertz CT molecular complexity index is 2350. The van der Waals surface area contributed by atoms with E-state index < -0.39 is 0 Å². The molecule has 9 rings (SSSR count). The van der Waals surface area contributed by atoms with Crippen molar-refractivity contribution < 1.29 is 0 Å². The first-order valence-corrected chi connectivity index (χ1v) is 13.4. The van der Waals surface area contributed by atoms with Gasteiger partial charge in [-0.1, -0.05) is 78.9 Å². The molecule has 0 aliphatic carbocycles. The van der Waals surface area contributed by atoms with E-state index in [1.807, 2.05) is 11.3 Å². The fourth-order valence-electron chi connectivity index (χ4n) is 6.36. The average molecular weight is 489 g/mol. The minimum atomic E-state index is 1.19.